The van der Waals surface area contributed by atoms with Crippen molar-refractivity contribution in [2.75, 3.05) is 17.2 Å². The smallest absolute Gasteiger partial charge is 0.505 e. The second kappa shape index (κ2) is 9.68. The zero-order valence-corrected chi connectivity index (χ0v) is 17.9. The molecule has 7 nitrogen and oxygen atoms in total. The van der Waals surface area contributed by atoms with Crippen molar-refractivity contribution in [3.8, 4) is 22.8 Å². The molecule has 4 N–H and O–H groups in total. The van der Waals surface area contributed by atoms with E-state index in [9.17, 15) is 23.4 Å². The number of ether oxygens (including phenoxy) is 1. The Morgan fingerprint density at radius 1 is 1.09 bits per heavy atom. The Hall–Kier alpha value is -2.95. The van der Waals surface area contributed by atoms with Gasteiger partial charge in [0.15, 0.2) is 5.75 Å². The molecule has 0 saturated heterocycles. The molecule has 0 unspecified atom stereocenters. The van der Waals surface area contributed by atoms with Gasteiger partial charge in [-0.1, -0.05) is 35.3 Å². The predicted octanol–water partition coefficient (Wildman–Crippen LogP) is 5.59. The molecule has 0 aliphatic heterocycles. The van der Waals surface area contributed by atoms with Crippen molar-refractivity contribution in [1.82, 2.24) is 9.97 Å². The van der Waals surface area contributed by atoms with Gasteiger partial charge in [-0.3, -0.25) is 0 Å². The average Bonchev–Trinajstić information content (AvgIpc) is 2.70. The number of nitrogens with zero attached hydrogens (tertiary/aromatic N) is 2. The average molecular weight is 489 g/mol. The van der Waals surface area contributed by atoms with Gasteiger partial charge in [0, 0.05) is 23.4 Å². The Bertz CT molecular complexity index is 1090. The van der Waals surface area contributed by atoms with E-state index >= 15 is 0 Å². The molecule has 0 amide bonds. The van der Waals surface area contributed by atoms with Crippen LogP contribution in [-0.4, -0.2) is 39.2 Å². The molecule has 1 atom stereocenters. The van der Waals surface area contributed by atoms with Crippen LogP contribution in [0.15, 0.2) is 42.5 Å². The Morgan fingerprint density at radius 2 is 1.78 bits per heavy atom. The monoisotopic (exact) mass is 488 g/mol. The number of alkyl halides is 3. The maximum absolute atomic E-state index is 12.6. The molecule has 3 rings (SSSR count). The van der Waals surface area contributed by atoms with Crippen molar-refractivity contribution in [2.45, 2.75) is 19.3 Å². The van der Waals surface area contributed by atoms with Crippen molar-refractivity contribution in [3.05, 3.63) is 52.5 Å². The summed E-state index contributed by atoms with van der Waals surface area (Å²) in [6, 6.07) is 9.26. The number of aliphatic hydroxyl groups is 1. The molecular formula is C20H17Cl2F3N4O3. The van der Waals surface area contributed by atoms with Crippen LogP contribution >= 0.6 is 23.2 Å². The molecule has 0 fully saturated rings. The minimum Gasteiger partial charge on any atom is -0.505 e. The molecule has 170 valence electrons. The van der Waals surface area contributed by atoms with E-state index in [-0.39, 0.29) is 39.9 Å². The van der Waals surface area contributed by atoms with Crippen LogP contribution < -0.4 is 15.4 Å². The van der Waals surface area contributed by atoms with Crippen molar-refractivity contribution in [1.29, 1.82) is 0 Å². The number of halogens is 5. The molecule has 0 aliphatic rings. The van der Waals surface area contributed by atoms with E-state index in [1.807, 2.05) is 0 Å². The van der Waals surface area contributed by atoms with E-state index in [0.717, 1.165) is 0 Å². The standard InChI is InChI=1S/C20H17Cl2F3N4O3/c1-10(9-30)26-19-28-16(11-3-2-4-13(5-11)32-20(23,24)25)8-17(29-19)27-12-6-14(21)18(31)15(22)7-12/h2-8,10,30-31H,9H2,1H3,(H2,26,27,28,29)/t10-/m1/s1. The molecule has 32 heavy (non-hydrogen) atoms. The molecule has 12 heteroatoms. The van der Waals surface area contributed by atoms with Gasteiger partial charge in [0.25, 0.3) is 0 Å². The molecule has 0 aliphatic carbocycles. The van der Waals surface area contributed by atoms with Crippen LogP contribution in [0.4, 0.5) is 30.6 Å². The summed E-state index contributed by atoms with van der Waals surface area (Å²) in [5.41, 5.74) is 1.01. The number of nitrogens with one attached hydrogen (secondary N) is 2. The van der Waals surface area contributed by atoms with Gasteiger partial charge in [0.05, 0.1) is 22.3 Å². The van der Waals surface area contributed by atoms with Crippen LogP contribution in [0.5, 0.6) is 11.5 Å². The quantitative estimate of drug-likeness (QED) is 0.321. The number of benzene rings is 2. The summed E-state index contributed by atoms with van der Waals surface area (Å²) in [7, 11) is 0. The zero-order chi connectivity index (χ0) is 23.5. The summed E-state index contributed by atoms with van der Waals surface area (Å²) in [5, 5.41) is 24.9. The number of anilines is 3. The van der Waals surface area contributed by atoms with Gasteiger partial charge in [-0.15, -0.1) is 13.2 Å². The third kappa shape index (κ3) is 6.28. The molecule has 0 saturated carbocycles. The van der Waals surface area contributed by atoms with E-state index in [2.05, 4.69) is 25.3 Å². The Kier molecular flexibility index (Phi) is 7.17. The summed E-state index contributed by atoms with van der Waals surface area (Å²) in [6.45, 7) is 1.49. The Labute approximate surface area is 190 Å². The Morgan fingerprint density at radius 3 is 2.41 bits per heavy atom. The van der Waals surface area contributed by atoms with Gasteiger partial charge >= 0.3 is 6.36 Å². The lowest BCUT2D eigenvalue weighted by molar-refractivity contribution is -0.274. The normalized spacial score (nSPS) is 12.3. The van der Waals surface area contributed by atoms with Gasteiger partial charge in [-0.25, -0.2) is 4.98 Å². The summed E-state index contributed by atoms with van der Waals surface area (Å²) in [6.07, 6.45) is -4.84. The van der Waals surface area contributed by atoms with Crippen molar-refractivity contribution in [2.24, 2.45) is 0 Å². The maximum atomic E-state index is 12.6. The fraction of sp³-hybridized carbons (Fsp3) is 0.200. The minimum atomic E-state index is -4.84. The number of hydrogen-bond donors (Lipinski definition) is 4. The number of rotatable bonds is 7. The van der Waals surface area contributed by atoms with E-state index in [1.54, 1.807) is 13.0 Å². The lowest BCUT2D eigenvalue weighted by Crippen LogP contribution is -2.21. The van der Waals surface area contributed by atoms with Crippen LogP contribution in [0, 0.1) is 0 Å². The first-order valence-corrected chi connectivity index (χ1v) is 9.87. The highest BCUT2D eigenvalue weighted by Crippen LogP contribution is 2.36. The highest BCUT2D eigenvalue weighted by Gasteiger charge is 2.31. The van der Waals surface area contributed by atoms with Crippen molar-refractivity contribution < 1.29 is 28.1 Å². The predicted molar refractivity (Wildman–Crippen MR) is 116 cm³/mol. The molecule has 3 aromatic rings. The topological polar surface area (TPSA) is 99.5 Å². The second-order valence-electron chi connectivity index (χ2n) is 6.68. The first-order chi connectivity index (χ1) is 15.0. The third-order valence-corrected chi connectivity index (χ3v) is 4.60. The number of phenolic OH excluding ortho intramolecular Hbond substituents is 1. The van der Waals surface area contributed by atoms with Crippen molar-refractivity contribution in [3.63, 3.8) is 0 Å². The summed E-state index contributed by atoms with van der Waals surface area (Å²) >= 11 is 11.9. The van der Waals surface area contributed by atoms with Crippen LogP contribution in [0.1, 0.15) is 6.92 Å². The molecule has 0 spiro atoms. The van der Waals surface area contributed by atoms with Crippen LogP contribution in [0.3, 0.4) is 0 Å². The lowest BCUT2D eigenvalue weighted by Gasteiger charge is -2.15. The van der Waals surface area contributed by atoms with Gasteiger partial charge in [0.1, 0.15) is 11.6 Å². The van der Waals surface area contributed by atoms with E-state index in [1.165, 1.54) is 36.4 Å². The number of aliphatic hydroxyl groups excluding tert-OH is 1. The van der Waals surface area contributed by atoms with Crippen molar-refractivity contribution >= 4 is 40.7 Å². The van der Waals surface area contributed by atoms with Gasteiger partial charge in [-0.05, 0) is 31.2 Å². The van der Waals surface area contributed by atoms with Gasteiger partial charge in [-0.2, -0.15) is 4.98 Å². The summed E-state index contributed by atoms with van der Waals surface area (Å²) in [4.78, 5) is 8.62. The number of phenols is 1. The van der Waals surface area contributed by atoms with E-state index in [0.29, 0.717) is 11.3 Å². The minimum absolute atomic E-state index is 0.0125. The third-order valence-electron chi connectivity index (χ3n) is 4.03. The molecule has 0 bridgehead atoms. The highest BCUT2D eigenvalue weighted by molar-refractivity contribution is 6.37. The number of aromatic nitrogens is 2. The van der Waals surface area contributed by atoms with E-state index < -0.39 is 18.2 Å². The largest absolute Gasteiger partial charge is 0.573 e. The fourth-order valence-corrected chi connectivity index (χ4v) is 3.11. The van der Waals surface area contributed by atoms with Crippen LogP contribution in [-0.2, 0) is 0 Å². The van der Waals surface area contributed by atoms with Gasteiger partial charge < -0.3 is 25.6 Å². The van der Waals surface area contributed by atoms with Gasteiger partial charge in [0.2, 0.25) is 5.95 Å². The lowest BCUT2D eigenvalue weighted by atomic mass is 10.1. The Balaban J connectivity index is 2.01. The first-order valence-electron chi connectivity index (χ1n) is 9.12. The number of aromatic hydroxyl groups is 1. The van der Waals surface area contributed by atoms with Crippen LogP contribution in [0.25, 0.3) is 11.3 Å². The van der Waals surface area contributed by atoms with Crippen LogP contribution in [0.2, 0.25) is 10.0 Å². The molecule has 1 aromatic heterocycles. The molecular weight excluding hydrogens is 472 g/mol. The van der Waals surface area contributed by atoms with E-state index in [4.69, 9.17) is 23.2 Å². The highest BCUT2D eigenvalue weighted by atomic mass is 35.5. The SMILES string of the molecule is C[C@H](CO)Nc1nc(Nc2cc(Cl)c(O)c(Cl)c2)cc(-c2cccc(OC(F)(F)F)c2)n1. The summed E-state index contributed by atoms with van der Waals surface area (Å²) < 4.78 is 41.8. The zero-order valence-electron chi connectivity index (χ0n) is 16.4. The fourth-order valence-electron chi connectivity index (χ4n) is 2.63. The summed E-state index contributed by atoms with van der Waals surface area (Å²) in [5.74, 6) is -0.311. The molecule has 0 radical (unpaired) electrons. The second-order valence-corrected chi connectivity index (χ2v) is 7.49. The molecule has 2 aromatic carbocycles. The first kappa shape index (κ1) is 23.7. The maximum Gasteiger partial charge on any atom is 0.573 e. The molecule has 1 heterocycles. The number of hydrogen-bond acceptors (Lipinski definition) is 7.